The average molecular weight is 2060 g/mol. The summed E-state index contributed by atoms with van der Waals surface area (Å²) in [6.45, 7) is 7.66. The van der Waals surface area contributed by atoms with Crippen LogP contribution in [-0.4, -0.2) is 0 Å². The number of hydrogen-bond acceptors (Lipinski definition) is 0. The third kappa shape index (κ3) is 145. The Morgan fingerprint density at radius 1 is 0.0476 bits per heavy atom. The average Bonchev–Trinajstić information content (AvgIpc) is 1.11. The fourth-order valence-corrected chi connectivity index (χ4v) is 25.1. The predicted octanol–water partition coefficient (Wildman–Crippen LogP) is 57.1. The highest BCUT2D eigenvalue weighted by atomic mass is 14.1. The smallest absolute Gasteiger partial charge is 0.0353 e. The highest BCUT2D eigenvalue weighted by Crippen LogP contribution is 2.28. The SMILES string of the molecule is C=CCCCCCCCCCCCCCCCCCCCCCCCCCCCCCCCCCCCCCCCCCCCCCCCCCCCCCCCCCCCCCCCCCCCCCCCCCCCCCCCCCCCCCCCCCCCCCCCCCCCCCCCCCCCCCCCCCCCCCCCCCCCCCCCCCCCCCCCCCCCCCCCC=C. The van der Waals surface area contributed by atoms with Gasteiger partial charge >= 0.3 is 0 Å². The second-order valence-corrected chi connectivity index (χ2v) is 51.0. The van der Waals surface area contributed by atoms with Crippen LogP contribution in [0.15, 0.2) is 25.3 Å². The molecule has 0 unspecified atom stereocenters. The Bertz CT molecular complexity index is 1810. The molecule has 0 aromatic carbocycles. The lowest BCUT2D eigenvalue weighted by Gasteiger charge is -2.05. The molecule has 0 amide bonds. The van der Waals surface area contributed by atoms with Crippen LogP contribution in [0.3, 0.4) is 0 Å². The molecule has 0 radical (unpaired) electrons. The topological polar surface area (TPSA) is 0 Å². The van der Waals surface area contributed by atoms with E-state index in [1.165, 1.54) is 918 Å². The first-order valence-corrected chi connectivity index (χ1v) is 72.6. The van der Waals surface area contributed by atoms with Crippen molar-refractivity contribution in [2.75, 3.05) is 0 Å². The monoisotopic (exact) mass is 2060 g/mol. The number of allylic oxidation sites excluding steroid dienone is 2. The zero-order valence-corrected chi connectivity index (χ0v) is 104. The van der Waals surface area contributed by atoms with E-state index in [-0.39, 0.29) is 0 Å². The fraction of sp³-hybridized carbons (Fsp3) is 0.973. The largest absolute Gasteiger partial charge is 0.103 e. The van der Waals surface area contributed by atoms with Crippen molar-refractivity contribution in [1.82, 2.24) is 0 Å². The summed E-state index contributed by atoms with van der Waals surface area (Å²) >= 11 is 0. The molecule has 0 aliphatic rings. The Labute approximate surface area is 937 Å². The number of hydrogen-bond donors (Lipinski definition) is 0. The predicted molar refractivity (Wildman–Crippen MR) is 681 cm³/mol. The Hall–Kier alpha value is -0.520. The Balaban J connectivity index is 3.11. The normalized spacial score (nSPS) is 11.8. The minimum Gasteiger partial charge on any atom is -0.103 e. The third-order valence-corrected chi connectivity index (χ3v) is 35.8. The Morgan fingerprint density at radius 2 is 0.0748 bits per heavy atom. The molecule has 0 nitrogen and oxygen atoms in total. The molecule has 0 heteroatoms. The van der Waals surface area contributed by atoms with Gasteiger partial charge in [0.1, 0.15) is 0 Å². The van der Waals surface area contributed by atoms with Crippen molar-refractivity contribution in [3.63, 3.8) is 0 Å². The maximum atomic E-state index is 3.83. The summed E-state index contributed by atoms with van der Waals surface area (Å²) in [4.78, 5) is 0. The lowest BCUT2D eigenvalue weighted by atomic mass is 10.0. The number of unbranched alkanes of at least 4 members (excludes halogenated alkanes) is 142. The molecule has 0 heterocycles. The first kappa shape index (κ1) is 146. The molecule has 880 valence electrons. The molecule has 0 N–H and O–H groups in total. The molecule has 0 saturated heterocycles. The van der Waals surface area contributed by atoms with Crippen molar-refractivity contribution in [3.8, 4) is 0 Å². The summed E-state index contributed by atoms with van der Waals surface area (Å²) < 4.78 is 0. The summed E-state index contributed by atoms with van der Waals surface area (Å²) in [5.41, 5.74) is 0. The van der Waals surface area contributed by atoms with Crippen LogP contribution in [-0.2, 0) is 0 Å². The molecule has 0 spiro atoms. The maximum absolute atomic E-state index is 3.83. The molecule has 0 aliphatic heterocycles. The van der Waals surface area contributed by atoms with Gasteiger partial charge in [-0.15, -0.1) is 13.2 Å². The zero-order chi connectivity index (χ0) is 105. The molecule has 147 heavy (non-hydrogen) atoms. The number of rotatable bonds is 144. The van der Waals surface area contributed by atoms with Gasteiger partial charge < -0.3 is 0 Å². The van der Waals surface area contributed by atoms with Gasteiger partial charge in [-0.05, 0) is 25.7 Å². The molecule has 0 fully saturated rings. The minimum absolute atomic E-state index is 1.21. The van der Waals surface area contributed by atoms with E-state index in [2.05, 4.69) is 25.3 Å². The first-order chi connectivity index (χ1) is 73.4. The van der Waals surface area contributed by atoms with Crippen LogP contribution in [0.5, 0.6) is 0 Å². The van der Waals surface area contributed by atoms with Crippen LogP contribution < -0.4 is 0 Å². The summed E-state index contributed by atoms with van der Waals surface area (Å²) in [6.07, 6.45) is 217. The summed E-state index contributed by atoms with van der Waals surface area (Å²) in [6, 6.07) is 0. The molecular formula is C147H292. The van der Waals surface area contributed by atoms with Crippen molar-refractivity contribution >= 4 is 0 Å². The lowest BCUT2D eigenvalue weighted by molar-refractivity contribution is 0.504. The highest BCUT2D eigenvalue weighted by molar-refractivity contribution is 4.69. The van der Waals surface area contributed by atoms with Gasteiger partial charge in [0.15, 0.2) is 0 Å². The van der Waals surface area contributed by atoms with Crippen LogP contribution in [0.1, 0.15) is 918 Å². The second-order valence-electron chi connectivity index (χ2n) is 51.0. The van der Waals surface area contributed by atoms with Gasteiger partial charge in [0.05, 0.1) is 0 Å². The van der Waals surface area contributed by atoms with Gasteiger partial charge in [0, 0.05) is 0 Å². The van der Waals surface area contributed by atoms with Gasteiger partial charge in [-0.1, -0.05) is 905 Å². The minimum atomic E-state index is 1.21. The molecule has 0 aliphatic carbocycles. The molecule has 0 aromatic heterocycles. The summed E-state index contributed by atoms with van der Waals surface area (Å²) in [7, 11) is 0. The lowest BCUT2D eigenvalue weighted by Crippen LogP contribution is -1.85. The van der Waals surface area contributed by atoms with E-state index in [1.807, 2.05) is 0 Å². The van der Waals surface area contributed by atoms with E-state index in [9.17, 15) is 0 Å². The van der Waals surface area contributed by atoms with Crippen molar-refractivity contribution in [3.05, 3.63) is 25.3 Å². The Kier molecular flexibility index (Phi) is 145. The molecule has 0 bridgehead atoms. The van der Waals surface area contributed by atoms with Crippen LogP contribution in [0.4, 0.5) is 0 Å². The molecule has 0 atom stereocenters. The van der Waals surface area contributed by atoms with Crippen molar-refractivity contribution in [2.45, 2.75) is 918 Å². The standard InChI is InChI=1S/C147H292/c1-3-5-7-9-11-13-15-17-19-21-23-25-27-29-31-33-35-37-39-41-43-45-47-49-51-53-55-57-59-61-63-65-67-69-71-73-75-77-79-81-83-85-87-89-91-93-95-97-99-101-103-105-107-109-111-113-115-117-119-121-123-125-127-129-131-133-135-137-139-141-143-145-147-146-144-142-140-138-136-134-132-130-128-126-124-122-120-118-116-114-112-110-108-106-104-102-100-98-96-94-92-90-88-86-84-82-80-78-76-74-72-70-68-66-64-62-60-58-56-54-52-50-48-46-44-42-40-38-36-34-32-30-28-26-24-22-20-18-16-14-12-10-8-6-4-2/h3-4H,1-2,5-147H2. The highest BCUT2D eigenvalue weighted by Gasteiger charge is 2.09. The van der Waals surface area contributed by atoms with Crippen LogP contribution in [0.25, 0.3) is 0 Å². The van der Waals surface area contributed by atoms with Crippen molar-refractivity contribution in [2.24, 2.45) is 0 Å². The van der Waals surface area contributed by atoms with Crippen LogP contribution in [0, 0.1) is 0 Å². The Morgan fingerprint density at radius 3 is 0.102 bits per heavy atom. The quantitative estimate of drug-likeness (QED) is 0.0421. The summed E-state index contributed by atoms with van der Waals surface area (Å²) in [5, 5.41) is 0. The van der Waals surface area contributed by atoms with E-state index < -0.39 is 0 Å². The van der Waals surface area contributed by atoms with Crippen molar-refractivity contribution in [1.29, 1.82) is 0 Å². The summed E-state index contributed by atoms with van der Waals surface area (Å²) in [5.74, 6) is 0. The first-order valence-electron chi connectivity index (χ1n) is 72.6. The van der Waals surface area contributed by atoms with E-state index in [1.54, 1.807) is 0 Å². The maximum Gasteiger partial charge on any atom is -0.0353 e. The fourth-order valence-electron chi connectivity index (χ4n) is 25.1. The van der Waals surface area contributed by atoms with Gasteiger partial charge in [-0.2, -0.15) is 0 Å². The van der Waals surface area contributed by atoms with Gasteiger partial charge in [0.25, 0.3) is 0 Å². The van der Waals surface area contributed by atoms with E-state index in [0.717, 1.165) is 0 Å². The van der Waals surface area contributed by atoms with E-state index in [0.29, 0.717) is 0 Å². The van der Waals surface area contributed by atoms with E-state index in [4.69, 9.17) is 0 Å². The molecule has 0 rings (SSSR count). The van der Waals surface area contributed by atoms with E-state index >= 15 is 0 Å². The van der Waals surface area contributed by atoms with Gasteiger partial charge in [-0.3, -0.25) is 0 Å². The molecule has 0 saturated carbocycles. The zero-order valence-electron chi connectivity index (χ0n) is 104. The second kappa shape index (κ2) is 145. The molecular weight excluding hydrogens is 1770 g/mol. The van der Waals surface area contributed by atoms with Crippen molar-refractivity contribution < 1.29 is 0 Å². The van der Waals surface area contributed by atoms with Crippen LogP contribution in [0.2, 0.25) is 0 Å². The van der Waals surface area contributed by atoms with Gasteiger partial charge in [0.2, 0.25) is 0 Å². The molecule has 0 aromatic rings. The van der Waals surface area contributed by atoms with Gasteiger partial charge in [-0.25, -0.2) is 0 Å². The third-order valence-electron chi connectivity index (χ3n) is 35.8. The van der Waals surface area contributed by atoms with Crippen LogP contribution >= 0.6 is 0 Å².